The number of hydrogen-bond acceptors (Lipinski definition) is 1. The van der Waals surface area contributed by atoms with Crippen molar-refractivity contribution >= 4 is 16.8 Å². The average Bonchev–Trinajstić information content (AvgIpc) is 3.27. The number of amides is 1. The quantitative estimate of drug-likeness (QED) is 0.521. The summed E-state index contributed by atoms with van der Waals surface area (Å²) < 4.78 is 0. The zero-order valence-corrected chi connectivity index (χ0v) is 15.1. The lowest BCUT2D eigenvalue weighted by atomic mass is 9.96. The van der Waals surface area contributed by atoms with Crippen molar-refractivity contribution in [1.29, 1.82) is 0 Å². The van der Waals surface area contributed by atoms with Crippen LogP contribution in [0.4, 0.5) is 0 Å². The largest absolute Gasteiger partial charge is 0.361 e. The van der Waals surface area contributed by atoms with Crippen molar-refractivity contribution in [2.24, 2.45) is 0 Å². The highest BCUT2D eigenvalue weighted by Crippen LogP contribution is 2.45. The van der Waals surface area contributed by atoms with Crippen LogP contribution in [0.25, 0.3) is 10.9 Å². The van der Waals surface area contributed by atoms with Gasteiger partial charge in [0.15, 0.2) is 0 Å². The molecular formula is C24H20N2O. The Morgan fingerprint density at radius 1 is 0.852 bits per heavy atom. The number of carbonyl (C=O) groups excluding carboxylic acids is 1. The number of para-hydroxylation sites is 1. The molecule has 132 valence electrons. The maximum Gasteiger partial charge on any atom is 0.255 e. The van der Waals surface area contributed by atoms with Crippen molar-refractivity contribution in [3.63, 3.8) is 0 Å². The Balaban J connectivity index is 1.71. The van der Waals surface area contributed by atoms with Crippen LogP contribution in [0.2, 0.25) is 0 Å². The summed E-state index contributed by atoms with van der Waals surface area (Å²) in [7, 11) is 0. The second-order valence-electron chi connectivity index (χ2n) is 7.08. The zero-order chi connectivity index (χ0) is 18.4. The van der Waals surface area contributed by atoms with Crippen LogP contribution in [0.1, 0.15) is 46.1 Å². The number of hydrogen-bond donors (Lipinski definition) is 1. The molecule has 27 heavy (non-hydrogen) atoms. The van der Waals surface area contributed by atoms with E-state index in [2.05, 4.69) is 48.4 Å². The van der Waals surface area contributed by atoms with Crippen LogP contribution >= 0.6 is 0 Å². The van der Waals surface area contributed by atoms with Crippen molar-refractivity contribution in [1.82, 2.24) is 9.88 Å². The third kappa shape index (κ3) is 2.39. The first-order chi connectivity index (χ1) is 13.3. The number of carbonyl (C=O) groups is 1. The molecule has 0 aliphatic carbocycles. The molecule has 1 amide bonds. The Morgan fingerprint density at radius 3 is 2.41 bits per heavy atom. The first kappa shape index (κ1) is 15.9. The Hall–Kier alpha value is -3.33. The summed E-state index contributed by atoms with van der Waals surface area (Å²) in [6.45, 7) is 2.11. The molecule has 4 aromatic rings. The van der Waals surface area contributed by atoms with Crippen LogP contribution in [0.15, 0.2) is 85.1 Å². The van der Waals surface area contributed by atoms with Gasteiger partial charge in [0.1, 0.15) is 0 Å². The summed E-state index contributed by atoms with van der Waals surface area (Å²) in [6, 6.07) is 26.4. The van der Waals surface area contributed by atoms with E-state index in [9.17, 15) is 4.79 Å². The topological polar surface area (TPSA) is 36.1 Å². The number of nitrogens with zero attached hydrogens (tertiary/aromatic N) is 1. The number of rotatable bonds is 3. The van der Waals surface area contributed by atoms with Gasteiger partial charge in [-0.15, -0.1) is 0 Å². The molecule has 2 atom stereocenters. The maximum atomic E-state index is 13.4. The summed E-state index contributed by atoms with van der Waals surface area (Å²) in [4.78, 5) is 18.8. The highest BCUT2D eigenvalue weighted by Gasteiger charge is 2.41. The predicted octanol–water partition coefficient (Wildman–Crippen LogP) is 5.47. The first-order valence-corrected chi connectivity index (χ1v) is 9.28. The molecule has 0 spiro atoms. The van der Waals surface area contributed by atoms with Gasteiger partial charge in [-0.1, -0.05) is 66.7 Å². The van der Waals surface area contributed by atoms with Crippen LogP contribution in [0.3, 0.4) is 0 Å². The second kappa shape index (κ2) is 6.13. The minimum absolute atomic E-state index is 0.0234. The third-order valence-corrected chi connectivity index (χ3v) is 5.61. The van der Waals surface area contributed by atoms with E-state index in [0.717, 1.165) is 33.2 Å². The van der Waals surface area contributed by atoms with Crippen molar-refractivity contribution in [3.8, 4) is 0 Å². The highest BCUT2D eigenvalue weighted by atomic mass is 16.2. The summed E-state index contributed by atoms with van der Waals surface area (Å²) in [5.74, 6) is 0.0947. The van der Waals surface area contributed by atoms with Crippen LogP contribution < -0.4 is 0 Å². The van der Waals surface area contributed by atoms with Gasteiger partial charge in [-0.25, -0.2) is 0 Å². The van der Waals surface area contributed by atoms with Gasteiger partial charge in [-0.2, -0.15) is 0 Å². The molecule has 0 unspecified atom stereocenters. The molecule has 0 saturated carbocycles. The third-order valence-electron chi connectivity index (χ3n) is 5.61. The molecule has 0 saturated heterocycles. The molecule has 0 fully saturated rings. The molecule has 3 heteroatoms. The average molecular weight is 352 g/mol. The molecule has 1 aromatic heterocycles. The minimum atomic E-state index is -0.0972. The SMILES string of the molecule is C[C@H](c1ccccc1)N1C(=O)c2ccccc2[C@@H]1c1c[nH]c2ccccc12. The fourth-order valence-corrected chi connectivity index (χ4v) is 4.27. The number of aromatic amines is 1. The number of nitrogens with one attached hydrogen (secondary N) is 1. The van der Waals surface area contributed by atoms with E-state index in [0.29, 0.717) is 0 Å². The Bertz CT molecular complexity index is 1130. The van der Waals surface area contributed by atoms with Crippen molar-refractivity contribution in [2.45, 2.75) is 19.0 Å². The van der Waals surface area contributed by atoms with Gasteiger partial charge < -0.3 is 9.88 Å². The van der Waals surface area contributed by atoms with Gasteiger partial charge in [-0.3, -0.25) is 4.79 Å². The van der Waals surface area contributed by atoms with Crippen LogP contribution in [0.5, 0.6) is 0 Å². The van der Waals surface area contributed by atoms with Crippen LogP contribution in [0, 0.1) is 0 Å². The number of benzene rings is 3. The van der Waals surface area contributed by atoms with Gasteiger partial charge in [0, 0.05) is 28.2 Å². The molecule has 0 radical (unpaired) electrons. The van der Waals surface area contributed by atoms with Crippen LogP contribution in [-0.2, 0) is 0 Å². The molecule has 5 rings (SSSR count). The minimum Gasteiger partial charge on any atom is -0.361 e. The summed E-state index contributed by atoms with van der Waals surface area (Å²) in [6.07, 6.45) is 2.05. The summed E-state index contributed by atoms with van der Waals surface area (Å²) in [5, 5.41) is 1.16. The van der Waals surface area contributed by atoms with E-state index >= 15 is 0 Å². The standard InChI is InChI=1S/C24H20N2O/c1-16(17-9-3-2-4-10-17)26-23(19-12-5-6-13-20(19)24(26)27)21-15-25-22-14-8-7-11-18(21)22/h2-16,23,25H,1H3/t16-,23-/m1/s1. The van der Waals surface area contributed by atoms with E-state index < -0.39 is 0 Å². The molecule has 3 aromatic carbocycles. The van der Waals surface area contributed by atoms with E-state index in [4.69, 9.17) is 0 Å². The zero-order valence-electron chi connectivity index (χ0n) is 15.1. The van der Waals surface area contributed by atoms with Gasteiger partial charge in [-0.05, 0) is 30.2 Å². The summed E-state index contributed by atoms with van der Waals surface area (Å²) >= 11 is 0. The molecule has 1 N–H and O–H groups in total. The van der Waals surface area contributed by atoms with Crippen molar-refractivity contribution < 1.29 is 4.79 Å². The lowest BCUT2D eigenvalue weighted by Crippen LogP contribution is -2.31. The fraction of sp³-hybridized carbons (Fsp3) is 0.125. The Morgan fingerprint density at radius 2 is 1.56 bits per heavy atom. The summed E-state index contributed by atoms with van der Waals surface area (Å²) in [5.41, 5.74) is 5.26. The van der Waals surface area contributed by atoms with E-state index in [-0.39, 0.29) is 18.0 Å². The lowest BCUT2D eigenvalue weighted by molar-refractivity contribution is 0.0677. The number of fused-ring (bicyclic) bond motifs is 2. The van der Waals surface area contributed by atoms with Gasteiger partial charge in [0.05, 0.1) is 12.1 Å². The molecule has 2 heterocycles. The van der Waals surface area contributed by atoms with Gasteiger partial charge >= 0.3 is 0 Å². The second-order valence-corrected chi connectivity index (χ2v) is 7.08. The molecule has 3 nitrogen and oxygen atoms in total. The van der Waals surface area contributed by atoms with E-state index in [1.807, 2.05) is 53.4 Å². The monoisotopic (exact) mass is 352 g/mol. The molecule has 0 bridgehead atoms. The van der Waals surface area contributed by atoms with Crippen molar-refractivity contribution in [3.05, 3.63) is 107 Å². The van der Waals surface area contributed by atoms with E-state index in [1.165, 1.54) is 0 Å². The highest BCUT2D eigenvalue weighted by molar-refractivity contribution is 6.01. The van der Waals surface area contributed by atoms with Crippen LogP contribution in [-0.4, -0.2) is 15.8 Å². The Labute approximate surface area is 158 Å². The number of aromatic nitrogens is 1. The molecule has 1 aliphatic heterocycles. The molecule has 1 aliphatic rings. The normalized spacial score (nSPS) is 17.3. The lowest BCUT2D eigenvalue weighted by Gasteiger charge is -2.31. The smallest absolute Gasteiger partial charge is 0.255 e. The van der Waals surface area contributed by atoms with Gasteiger partial charge in [0.2, 0.25) is 0 Å². The maximum absolute atomic E-state index is 13.4. The van der Waals surface area contributed by atoms with E-state index in [1.54, 1.807) is 0 Å². The van der Waals surface area contributed by atoms with Gasteiger partial charge in [0.25, 0.3) is 5.91 Å². The fourth-order valence-electron chi connectivity index (χ4n) is 4.27. The predicted molar refractivity (Wildman–Crippen MR) is 108 cm³/mol. The van der Waals surface area contributed by atoms with Crippen molar-refractivity contribution in [2.75, 3.05) is 0 Å². The number of H-pyrrole nitrogens is 1. The first-order valence-electron chi connectivity index (χ1n) is 9.28. The molecular weight excluding hydrogens is 332 g/mol. The Kier molecular flexibility index (Phi) is 3.61.